The zero-order valence-electron chi connectivity index (χ0n) is 18.5. The number of amides is 1. The standard InChI is InChI=1S/C24H25N3O4S2/c1-4-31-21-9-5-18(6-10-21)23(28)26-24(32)25-19-7-11-22(12-8-19)33(29,30)27-20-14-16(2)13-17(3)15-20/h5-15,27H,4H2,1-3H3,(H2,25,26,28,32). The molecule has 0 heterocycles. The first kappa shape index (κ1) is 24.2. The molecule has 3 N–H and O–H groups in total. The van der Waals surface area contributed by atoms with Crippen molar-refractivity contribution in [3.63, 3.8) is 0 Å². The normalized spacial score (nSPS) is 10.9. The lowest BCUT2D eigenvalue weighted by Crippen LogP contribution is -2.34. The number of carbonyl (C=O) groups is 1. The molecule has 0 bridgehead atoms. The third-order valence-corrected chi connectivity index (χ3v) is 6.15. The topological polar surface area (TPSA) is 96.5 Å². The summed E-state index contributed by atoms with van der Waals surface area (Å²) in [6.07, 6.45) is 0. The Morgan fingerprint density at radius 2 is 1.52 bits per heavy atom. The van der Waals surface area contributed by atoms with E-state index in [4.69, 9.17) is 17.0 Å². The number of thiocarbonyl (C=S) groups is 1. The second kappa shape index (κ2) is 10.5. The van der Waals surface area contributed by atoms with Crippen LogP contribution < -0.4 is 20.1 Å². The van der Waals surface area contributed by atoms with Gasteiger partial charge < -0.3 is 10.1 Å². The van der Waals surface area contributed by atoms with Crippen molar-refractivity contribution in [1.82, 2.24) is 5.32 Å². The fourth-order valence-electron chi connectivity index (χ4n) is 3.17. The van der Waals surface area contributed by atoms with Gasteiger partial charge in [-0.25, -0.2) is 8.42 Å². The van der Waals surface area contributed by atoms with Crippen LogP contribution in [-0.2, 0) is 10.0 Å². The molecular formula is C24H25N3O4S2. The molecule has 0 saturated heterocycles. The van der Waals surface area contributed by atoms with Crippen molar-refractivity contribution in [3.8, 4) is 5.75 Å². The predicted octanol–water partition coefficient (Wildman–Crippen LogP) is 4.63. The van der Waals surface area contributed by atoms with E-state index in [0.29, 0.717) is 29.3 Å². The second-order valence-electron chi connectivity index (χ2n) is 7.37. The molecule has 0 aliphatic carbocycles. The maximum absolute atomic E-state index is 12.7. The van der Waals surface area contributed by atoms with Crippen molar-refractivity contribution in [2.24, 2.45) is 0 Å². The molecule has 1 amide bonds. The maximum atomic E-state index is 12.7. The zero-order valence-corrected chi connectivity index (χ0v) is 20.1. The molecule has 0 aliphatic heterocycles. The van der Waals surface area contributed by atoms with Crippen LogP contribution in [0.5, 0.6) is 5.75 Å². The van der Waals surface area contributed by atoms with Gasteiger partial charge in [0.25, 0.3) is 15.9 Å². The highest BCUT2D eigenvalue weighted by atomic mass is 32.2. The van der Waals surface area contributed by atoms with Gasteiger partial charge >= 0.3 is 0 Å². The number of nitrogens with one attached hydrogen (secondary N) is 3. The lowest BCUT2D eigenvalue weighted by molar-refractivity contribution is 0.0977. The van der Waals surface area contributed by atoms with Gasteiger partial charge in [-0.05, 0) is 105 Å². The summed E-state index contributed by atoms with van der Waals surface area (Å²) >= 11 is 5.20. The molecule has 172 valence electrons. The van der Waals surface area contributed by atoms with Crippen LogP contribution in [0.4, 0.5) is 11.4 Å². The first-order valence-electron chi connectivity index (χ1n) is 10.2. The SMILES string of the molecule is CCOc1ccc(C(=O)NC(=S)Nc2ccc(S(=O)(=O)Nc3cc(C)cc(C)c3)cc2)cc1. The fourth-order valence-corrected chi connectivity index (χ4v) is 4.42. The van der Waals surface area contributed by atoms with Crippen LogP contribution in [0.2, 0.25) is 0 Å². The molecule has 0 spiro atoms. The Labute approximate surface area is 199 Å². The fraction of sp³-hybridized carbons (Fsp3) is 0.167. The first-order valence-corrected chi connectivity index (χ1v) is 12.1. The molecule has 9 heteroatoms. The number of benzene rings is 3. The molecule has 0 saturated carbocycles. The van der Waals surface area contributed by atoms with Crippen LogP contribution in [0.15, 0.2) is 71.6 Å². The number of hydrogen-bond donors (Lipinski definition) is 3. The summed E-state index contributed by atoms with van der Waals surface area (Å²) in [5.41, 5.74) is 3.41. The van der Waals surface area contributed by atoms with Gasteiger partial charge in [0, 0.05) is 16.9 Å². The number of sulfonamides is 1. The Bertz CT molecular complexity index is 1240. The van der Waals surface area contributed by atoms with Gasteiger partial charge in [0.15, 0.2) is 5.11 Å². The smallest absolute Gasteiger partial charge is 0.261 e. The minimum Gasteiger partial charge on any atom is -0.494 e. The van der Waals surface area contributed by atoms with Crippen LogP contribution in [-0.4, -0.2) is 26.0 Å². The van der Waals surface area contributed by atoms with Gasteiger partial charge in [-0.1, -0.05) is 6.07 Å². The molecule has 0 radical (unpaired) electrons. The van der Waals surface area contributed by atoms with Crippen LogP contribution in [0.25, 0.3) is 0 Å². The first-order chi connectivity index (χ1) is 15.7. The van der Waals surface area contributed by atoms with Crippen molar-refractivity contribution >= 4 is 44.6 Å². The van der Waals surface area contributed by atoms with Crippen LogP contribution in [0.3, 0.4) is 0 Å². The van der Waals surface area contributed by atoms with Gasteiger partial charge in [-0.3, -0.25) is 14.8 Å². The van der Waals surface area contributed by atoms with Crippen LogP contribution >= 0.6 is 12.2 Å². The number of anilines is 2. The Balaban J connectivity index is 1.61. The van der Waals surface area contributed by atoms with Crippen molar-refractivity contribution in [2.45, 2.75) is 25.7 Å². The number of hydrogen-bond acceptors (Lipinski definition) is 5. The molecule has 7 nitrogen and oxygen atoms in total. The molecule has 0 aliphatic rings. The highest BCUT2D eigenvalue weighted by Crippen LogP contribution is 2.20. The number of aryl methyl sites for hydroxylation is 2. The Morgan fingerprint density at radius 1 is 0.909 bits per heavy atom. The molecule has 0 aromatic heterocycles. The summed E-state index contributed by atoms with van der Waals surface area (Å²) in [6, 6.07) is 18.3. The third-order valence-electron chi connectivity index (χ3n) is 4.55. The molecule has 3 aromatic rings. The Hall–Kier alpha value is -3.43. The van der Waals surface area contributed by atoms with Crippen molar-refractivity contribution in [3.05, 3.63) is 83.4 Å². The third kappa shape index (κ3) is 6.77. The average molecular weight is 484 g/mol. The Kier molecular flexibility index (Phi) is 7.67. The molecule has 3 aromatic carbocycles. The summed E-state index contributed by atoms with van der Waals surface area (Å²) < 4.78 is 33.4. The Morgan fingerprint density at radius 3 is 2.09 bits per heavy atom. The van der Waals surface area contributed by atoms with E-state index < -0.39 is 10.0 Å². The maximum Gasteiger partial charge on any atom is 0.261 e. The van der Waals surface area contributed by atoms with Crippen molar-refractivity contribution in [2.75, 3.05) is 16.6 Å². The largest absolute Gasteiger partial charge is 0.494 e. The monoisotopic (exact) mass is 483 g/mol. The highest BCUT2D eigenvalue weighted by Gasteiger charge is 2.15. The highest BCUT2D eigenvalue weighted by molar-refractivity contribution is 7.92. The summed E-state index contributed by atoms with van der Waals surface area (Å²) in [7, 11) is -3.75. The van der Waals surface area contributed by atoms with Gasteiger partial charge in [0.2, 0.25) is 0 Å². The lowest BCUT2D eigenvalue weighted by Gasteiger charge is -2.12. The lowest BCUT2D eigenvalue weighted by atomic mass is 10.1. The number of rotatable bonds is 7. The summed E-state index contributed by atoms with van der Waals surface area (Å²) in [5, 5.41) is 5.57. The van der Waals surface area contributed by atoms with E-state index >= 15 is 0 Å². The molecule has 33 heavy (non-hydrogen) atoms. The predicted molar refractivity (Wildman–Crippen MR) is 134 cm³/mol. The number of carbonyl (C=O) groups excluding carboxylic acids is 1. The second-order valence-corrected chi connectivity index (χ2v) is 9.46. The van der Waals surface area contributed by atoms with Gasteiger partial charge in [0.05, 0.1) is 11.5 Å². The molecule has 3 rings (SSSR count). The molecule has 0 atom stereocenters. The molecule has 0 unspecified atom stereocenters. The summed E-state index contributed by atoms with van der Waals surface area (Å²) in [5.74, 6) is 0.309. The van der Waals surface area contributed by atoms with Crippen LogP contribution in [0.1, 0.15) is 28.4 Å². The minimum atomic E-state index is -3.75. The van der Waals surface area contributed by atoms with Crippen LogP contribution in [0, 0.1) is 13.8 Å². The summed E-state index contributed by atoms with van der Waals surface area (Å²) in [6.45, 7) is 6.24. The molecular weight excluding hydrogens is 458 g/mol. The quantitative estimate of drug-likeness (QED) is 0.424. The average Bonchev–Trinajstić information content (AvgIpc) is 2.73. The number of ether oxygens (including phenoxy) is 1. The molecule has 0 fully saturated rings. The zero-order chi connectivity index (χ0) is 24.0. The van der Waals surface area contributed by atoms with E-state index in [-0.39, 0.29) is 15.9 Å². The van der Waals surface area contributed by atoms with E-state index in [0.717, 1.165) is 11.1 Å². The van der Waals surface area contributed by atoms with Gasteiger partial charge in [-0.2, -0.15) is 0 Å². The van der Waals surface area contributed by atoms with Crippen molar-refractivity contribution in [1.29, 1.82) is 0 Å². The minimum absolute atomic E-state index is 0.0952. The van der Waals surface area contributed by atoms with Gasteiger partial charge in [0.1, 0.15) is 5.75 Å². The van der Waals surface area contributed by atoms with E-state index in [1.165, 1.54) is 12.1 Å². The van der Waals surface area contributed by atoms with E-state index in [9.17, 15) is 13.2 Å². The van der Waals surface area contributed by atoms with Crippen molar-refractivity contribution < 1.29 is 17.9 Å². The van der Waals surface area contributed by atoms with E-state index in [1.54, 1.807) is 48.5 Å². The van der Waals surface area contributed by atoms with E-state index in [1.807, 2.05) is 26.8 Å². The summed E-state index contributed by atoms with van der Waals surface area (Å²) in [4.78, 5) is 12.5. The van der Waals surface area contributed by atoms with Gasteiger partial charge in [-0.15, -0.1) is 0 Å². The van der Waals surface area contributed by atoms with E-state index in [2.05, 4.69) is 15.4 Å².